The molecule has 0 radical (unpaired) electrons. The molecular formula is C60H46N4. The highest BCUT2D eigenvalue weighted by Gasteiger charge is 2.58. The lowest BCUT2D eigenvalue weighted by atomic mass is 9.41. The smallest absolute Gasteiger partial charge is 0.164 e. The molecule has 4 saturated carbocycles. The second-order valence-corrected chi connectivity index (χ2v) is 18.7. The van der Waals surface area contributed by atoms with E-state index in [1.54, 1.807) is 0 Å². The number of aromatic nitrogens is 3. The second kappa shape index (κ2) is 15.4. The van der Waals surface area contributed by atoms with Crippen molar-refractivity contribution in [2.75, 3.05) is 0 Å². The van der Waals surface area contributed by atoms with Gasteiger partial charge in [-0.2, -0.15) is 5.26 Å². The molecule has 1 heterocycles. The van der Waals surface area contributed by atoms with Crippen LogP contribution in [-0.2, 0) is 10.8 Å². The summed E-state index contributed by atoms with van der Waals surface area (Å²) in [4.78, 5) is 15.1. The van der Waals surface area contributed by atoms with Crippen molar-refractivity contribution in [3.63, 3.8) is 0 Å². The maximum absolute atomic E-state index is 9.74. The van der Waals surface area contributed by atoms with Crippen LogP contribution in [0.4, 0.5) is 0 Å². The number of hydrogen-bond acceptors (Lipinski definition) is 4. The molecule has 64 heavy (non-hydrogen) atoms. The Bertz CT molecular complexity index is 3210. The summed E-state index contributed by atoms with van der Waals surface area (Å²) < 4.78 is 0. The maximum Gasteiger partial charge on any atom is 0.164 e. The van der Waals surface area contributed by atoms with Crippen LogP contribution < -0.4 is 0 Å². The van der Waals surface area contributed by atoms with Crippen LogP contribution in [0, 0.1) is 23.2 Å². The van der Waals surface area contributed by atoms with Crippen LogP contribution in [0.3, 0.4) is 0 Å². The molecule has 4 aliphatic rings. The Morgan fingerprint density at radius 3 is 1.42 bits per heavy atom. The quantitative estimate of drug-likeness (QED) is 0.153. The van der Waals surface area contributed by atoms with Crippen molar-refractivity contribution in [3.05, 3.63) is 211 Å². The van der Waals surface area contributed by atoms with Gasteiger partial charge in [-0.05, 0) is 123 Å². The van der Waals surface area contributed by atoms with E-state index < -0.39 is 0 Å². The van der Waals surface area contributed by atoms with Crippen LogP contribution >= 0.6 is 0 Å². The van der Waals surface area contributed by atoms with E-state index in [1.165, 1.54) is 71.9 Å². The molecule has 4 heteroatoms. The van der Waals surface area contributed by atoms with Gasteiger partial charge in [-0.25, -0.2) is 15.0 Å². The number of nitriles is 1. The molecule has 13 rings (SSSR count). The van der Waals surface area contributed by atoms with Gasteiger partial charge in [0.2, 0.25) is 0 Å². The molecular weight excluding hydrogens is 777 g/mol. The molecule has 8 aromatic carbocycles. The molecule has 1 aromatic heterocycles. The molecule has 4 fully saturated rings. The summed E-state index contributed by atoms with van der Waals surface area (Å²) in [6.45, 7) is 0. The average Bonchev–Trinajstić information content (AvgIpc) is 3.36. The van der Waals surface area contributed by atoms with E-state index in [9.17, 15) is 5.26 Å². The standard InChI is InChI=1S/C60H46N4/c61-38-50-26-31-54(55-17-8-7-16-53(50)55)45-24-29-52(30-25-45)60-36-40-32-41(37-60)35-59(34-40,39-60)51-27-22-44(23-28-51)43-18-20-47(21-19-43)57-62-56(46-12-5-2-6-13-46)63-58(64-57)49-15-9-14-48(33-49)42-10-3-1-4-11-42/h1-31,33,40-41H,32,34-37,39H2. The number of fused-ring (bicyclic) bond motifs is 1. The third-order valence-electron chi connectivity index (χ3n) is 14.8. The van der Waals surface area contributed by atoms with Gasteiger partial charge in [0.1, 0.15) is 0 Å². The van der Waals surface area contributed by atoms with Crippen LogP contribution in [0.1, 0.15) is 55.2 Å². The van der Waals surface area contributed by atoms with Crippen molar-refractivity contribution in [2.45, 2.75) is 49.4 Å². The van der Waals surface area contributed by atoms with Gasteiger partial charge in [-0.15, -0.1) is 0 Å². The zero-order chi connectivity index (χ0) is 42.7. The van der Waals surface area contributed by atoms with Crippen molar-refractivity contribution in [1.29, 1.82) is 5.26 Å². The minimum atomic E-state index is 0.210. The van der Waals surface area contributed by atoms with E-state index in [0.29, 0.717) is 17.5 Å². The van der Waals surface area contributed by atoms with Crippen LogP contribution in [0.2, 0.25) is 0 Å². The Hall–Kier alpha value is -7.48. The van der Waals surface area contributed by atoms with Crippen molar-refractivity contribution in [1.82, 2.24) is 15.0 Å². The van der Waals surface area contributed by atoms with E-state index in [0.717, 1.165) is 56.0 Å². The zero-order valence-electron chi connectivity index (χ0n) is 35.7. The topological polar surface area (TPSA) is 62.5 Å². The molecule has 0 aliphatic heterocycles. The molecule has 4 nitrogen and oxygen atoms in total. The number of nitrogens with zero attached hydrogens (tertiary/aromatic N) is 4. The van der Waals surface area contributed by atoms with Gasteiger partial charge in [0.05, 0.1) is 11.6 Å². The van der Waals surface area contributed by atoms with E-state index in [4.69, 9.17) is 15.0 Å². The Morgan fingerprint density at radius 2 is 0.828 bits per heavy atom. The lowest BCUT2D eigenvalue weighted by molar-refractivity contribution is -0.0281. The summed E-state index contributed by atoms with van der Waals surface area (Å²) in [6, 6.07) is 71.6. The van der Waals surface area contributed by atoms with Gasteiger partial charge in [0.25, 0.3) is 0 Å². The highest BCUT2D eigenvalue weighted by atomic mass is 15.0. The fourth-order valence-corrected chi connectivity index (χ4v) is 12.2. The summed E-state index contributed by atoms with van der Waals surface area (Å²) in [5.74, 6) is 3.50. The molecule has 306 valence electrons. The maximum atomic E-state index is 9.74. The molecule has 4 aliphatic carbocycles. The number of rotatable bonds is 8. The average molecular weight is 823 g/mol. The predicted molar refractivity (Wildman–Crippen MR) is 259 cm³/mol. The van der Waals surface area contributed by atoms with E-state index in [-0.39, 0.29) is 10.8 Å². The van der Waals surface area contributed by atoms with E-state index >= 15 is 0 Å². The molecule has 0 saturated heterocycles. The zero-order valence-corrected chi connectivity index (χ0v) is 35.7. The van der Waals surface area contributed by atoms with Crippen LogP contribution in [0.25, 0.3) is 78.3 Å². The summed E-state index contributed by atoms with van der Waals surface area (Å²) in [5, 5.41) is 11.9. The Morgan fingerprint density at radius 1 is 0.391 bits per heavy atom. The van der Waals surface area contributed by atoms with Crippen LogP contribution in [0.5, 0.6) is 0 Å². The molecule has 4 bridgehead atoms. The molecule has 9 aromatic rings. The second-order valence-electron chi connectivity index (χ2n) is 18.7. The largest absolute Gasteiger partial charge is 0.208 e. The third-order valence-corrected chi connectivity index (χ3v) is 14.8. The molecule has 2 atom stereocenters. The lowest BCUT2D eigenvalue weighted by Crippen LogP contribution is -2.55. The van der Waals surface area contributed by atoms with Gasteiger partial charge < -0.3 is 0 Å². The summed E-state index contributed by atoms with van der Waals surface area (Å²) in [5.41, 5.74) is 14.1. The monoisotopic (exact) mass is 822 g/mol. The predicted octanol–water partition coefficient (Wildman–Crippen LogP) is 14.7. The minimum Gasteiger partial charge on any atom is -0.208 e. The normalized spacial score (nSPS) is 20.9. The summed E-state index contributed by atoms with van der Waals surface area (Å²) in [6.07, 6.45) is 7.78. The van der Waals surface area contributed by atoms with Crippen molar-refractivity contribution < 1.29 is 0 Å². The number of benzene rings is 8. The third kappa shape index (κ3) is 6.71. The first kappa shape index (κ1) is 38.2. The number of hydrogen-bond donors (Lipinski definition) is 0. The molecule has 0 amide bonds. The Balaban J connectivity index is 0.818. The van der Waals surface area contributed by atoms with Gasteiger partial charge in [-0.3, -0.25) is 0 Å². The van der Waals surface area contributed by atoms with Gasteiger partial charge >= 0.3 is 0 Å². The summed E-state index contributed by atoms with van der Waals surface area (Å²) in [7, 11) is 0. The SMILES string of the molecule is N#Cc1ccc(-c2ccc(C34CC5CC(CC(c6ccc(-c7ccc(-c8nc(-c9ccccc9)nc(-c9cccc(-c%10ccccc%10)c9)n8)cc7)cc6)(C5)C3)C4)cc2)c2ccccc12. The molecule has 2 unspecified atom stereocenters. The highest BCUT2D eigenvalue weighted by molar-refractivity contribution is 5.99. The van der Waals surface area contributed by atoms with E-state index in [2.05, 4.69) is 164 Å². The summed E-state index contributed by atoms with van der Waals surface area (Å²) >= 11 is 0. The van der Waals surface area contributed by atoms with Gasteiger partial charge in [-0.1, -0.05) is 182 Å². The molecule has 0 spiro atoms. The van der Waals surface area contributed by atoms with Gasteiger partial charge in [0.15, 0.2) is 17.5 Å². The minimum absolute atomic E-state index is 0.210. The van der Waals surface area contributed by atoms with Gasteiger partial charge in [0, 0.05) is 22.1 Å². The lowest BCUT2D eigenvalue weighted by Gasteiger charge is -2.63. The highest BCUT2D eigenvalue weighted by Crippen LogP contribution is 2.66. The van der Waals surface area contributed by atoms with Crippen molar-refractivity contribution in [2.24, 2.45) is 11.8 Å². The van der Waals surface area contributed by atoms with Crippen molar-refractivity contribution in [3.8, 4) is 73.6 Å². The van der Waals surface area contributed by atoms with Crippen LogP contribution in [0.15, 0.2) is 194 Å². The van der Waals surface area contributed by atoms with Crippen LogP contribution in [-0.4, -0.2) is 15.0 Å². The Kier molecular flexibility index (Phi) is 9.20. The van der Waals surface area contributed by atoms with Crippen molar-refractivity contribution >= 4 is 10.8 Å². The fourth-order valence-electron chi connectivity index (χ4n) is 12.2. The fraction of sp³-hybridized carbons (Fsp3) is 0.167. The first-order valence-electron chi connectivity index (χ1n) is 22.7. The first-order chi connectivity index (χ1) is 31.5. The van der Waals surface area contributed by atoms with E-state index in [1.807, 2.05) is 36.4 Å². The first-order valence-corrected chi connectivity index (χ1v) is 22.7. The molecule has 0 N–H and O–H groups in total. The Labute approximate surface area is 375 Å².